The molecule has 0 amide bonds. The normalized spacial score (nSPS) is 11.3. The first-order valence-electron chi connectivity index (χ1n) is 8.93. The molecule has 22 heavy (non-hydrogen) atoms. The molecule has 0 aliphatic rings. The van der Waals surface area contributed by atoms with Gasteiger partial charge in [0.25, 0.3) is 0 Å². The second kappa shape index (κ2) is 12.5. The van der Waals surface area contributed by atoms with Crippen LogP contribution in [0.25, 0.3) is 0 Å². The maximum atomic E-state index is 12.4. The summed E-state index contributed by atoms with van der Waals surface area (Å²) in [5.74, 6) is -0.846. The van der Waals surface area contributed by atoms with Crippen molar-refractivity contribution in [1.82, 2.24) is 0 Å². The van der Waals surface area contributed by atoms with E-state index in [1.807, 2.05) is 13.8 Å². The van der Waals surface area contributed by atoms with Crippen molar-refractivity contribution in [2.24, 2.45) is 5.41 Å². The summed E-state index contributed by atoms with van der Waals surface area (Å²) >= 11 is 0. The monoisotopic (exact) mass is 314 g/mol. The van der Waals surface area contributed by atoms with Crippen LogP contribution in [0.15, 0.2) is 0 Å². The number of carbonyl (C=O) groups excluding carboxylic acids is 2. The van der Waals surface area contributed by atoms with Crippen molar-refractivity contribution in [2.45, 2.75) is 85.5 Å². The summed E-state index contributed by atoms with van der Waals surface area (Å²) in [5.41, 5.74) is -1.13. The molecule has 4 heteroatoms. The Labute approximate surface area is 135 Å². The van der Waals surface area contributed by atoms with Crippen LogP contribution in [0.4, 0.5) is 0 Å². The van der Waals surface area contributed by atoms with Gasteiger partial charge in [0, 0.05) is 0 Å². The first-order valence-corrected chi connectivity index (χ1v) is 8.93. The highest BCUT2D eigenvalue weighted by atomic mass is 16.6. The van der Waals surface area contributed by atoms with Gasteiger partial charge in [0.1, 0.15) is 0 Å². The zero-order valence-electron chi connectivity index (χ0n) is 14.9. The molecule has 0 aromatic heterocycles. The lowest BCUT2D eigenvalue weighted by Crippen LogP contribution is -2.41. The van der Waals surface area contributed by atoms with Crippen LogP contribution in [0.3, 0.4) is 0 Å². The van der Waals surface area contributed by atoms with E-state index in [4.69, 9.17) is 9.47 Å². The molecule has 0 aliphatic heterocycles. The highest BCUT2D eigenvalue weighted by molar-refractivity contribution is 5.99. The molecule has 0 saturated heterocycles. The van der Waals surface area contributed by atoms with Crippen LogP contribution >= 0.6 is 0 Å². The lowest BCUT2D eigenvalue weighted by atomic mass is 9.82. The summed E-state index contributed by atoms with van der Waals surface area (Å²) in [6, 6.07) is 0. The first-order chi connectivity index (χ1) is 10.6. The predicted octanol–water partition coefficient (Wildman–Crippen LogP) is 4.65. The SMILES string of the molecule is CCCCCCOC(=O)C(CC)(CC)C(=O)OCCCCC. The summed E-state index contributed by atoms with van der Waals surface area (Å²) in [6.07, 6.45) is 7.98. The Morgan fingerprint density at radius 3 is 1.50 bits per heavy atom. The average Bonchev–Trinajstić information content (AvgIpc) is 2.53. The highest BCUT2D eigenvalue weighted by Gasteiger charge is 2.45. The molecule has 0 unspecified atom stereocenters. The number of esters is 2. The fraction of sp³-hybridized carbons (Fsp3) is 0.889. The van der Waals surface area contributed by atoms with E-state index < -0.39 is 17.4 Å². The van der Waals surface area contributed by atoms with Crippen molar-refractivity contribution in [3.63, 3.8) is 0 Å². The van der Waals surface area contributed by atoms with Gasteiger partial charge in [-0.2, -0.15) is 0 Å². The molecule has 0 heterocycles. The van der Waals surface area contributed by atoms with Crippen LogP contribution in [0.2, 0.25) is 0 Å². The number of hydrogen-bond donors (Lipinski definition) is 0. The number of rotatable bonds is 13. The molecular formula is C18H34O4. The molecule has 0 atom stereocenters. The predicted molar refractivity (Wildman–Crippen MR) is 88.6 cm³/mol. The van der Waals surface area contributed by atoms with Crippen LogP contribution in [0.1, 0.15) is 85.5 Å². The van der Waals surface area contributed by atoms with Gasteiger partial charge in [0.05, 0.1) is 13.2 Å². The maximum Gasteiger partial charge on any atom is 0.323 e. The van der Waals surface area contributed by atoms with E-state index in [1.165, 1.54) is 0 Å². The third kappa shape index (κ3) is 6.80. The van der Waals surface area contributed by atoms with Gasteiger partial charge in [-0.3, -0.25) is 9.59 Å². The van der Waals surface area contributed by atoms with Gasteiger partial charge < -0.3 is 9.47 Å². The summed E-state index contributed by atoms with van der Waals surface area (Å²) in [5, 5.41) is 0. The number of unbranched alkanes of at least 4 members (excludes halogenated alkanes) is 5. The first kappa shape index (κ1) is 20.9. The molecular weight excluding hydrogens is 280 g/mol. The lowest BCUT2D eigenvalue weighted by Gasteiger charge is -2.27. The fourth-order valence-corrected chi connectivity index (χ4v) is 2.40. The molecule has 0 rings (SSSR count). The van der Waals surface area contributed by atoms with Gasteiger partial charge in [0.2, 0.25) is 0 Å². The Morgan fingerprint density at radius 1 is 0.682 bits per heavy atom. The van der Waals surface area contributed by atoms with Crippen LogP contribution in [-0.2, 0) is 19.1 Å². The van der Waals surface area contributed by atoms with Crippen molar-refractivity contribution < 1.29 is 19.1 Å². The van der Waals surface area contributed by atoms with Crippen molar-refractivity contribution in [1.29, 1.82) is 0 Å². The second-order valence-electron chi connectivity index (χ2n) is 5.83. The largest absolute Gasteiger partial charge is 0.465 e. The van der Waals surface area contributed by atoms with Gasteiger partial charge in [-0.05, 0) is 25.7 Å². The number of ether oxygens (including phenoxy) is 2. The van der Waals surface area contributed by atoms with E-state index in [2.05, 4.69) is 13.8 Å². The minimum absolute atomic E-state index is 0.387. The Hall–Kier alpha value is -1.06. The molecule has 0 fully saturated rings. The molecule has 0 aliphatic carbocycles. The van der Waals surface area contributed by atoms with E-state index in [0.29, 0.717) is 26.1 Å². The van der Waals surface area contributed by atoms with Crippen LogP contribution < -0.4 is 0 Å². The minimum Gasteiger partial charge on any atom is -0.465 e. The second-order valence-corrected chi connectivity index (χ2v) is 5.83. The third-order valence-electron chi connectivity index (χ3n) is 4.20. The number of hydrogen-bond acceptors (Lipinski definition) is 4. The summed E-state index contributed by atoms with van der Waals surface area (Å²) in [4.78, 5) is 24.7. The van der Waals surface area contributed by atoms with E-state index >= 15 is 0 Å². The minimum atomic E-state index is -1.13. The third-order valence-corrected chi connectivity index (χ3v) is 4.20. The van der Waals surface area contributed by atoms with Crippen molar-refractivity contribution in [3.05, 3.63) is 0 Å². The Morgan fingerprint density at radius 2 is 1.09 bits per heavy atom. The van der Waals surface area contributed by atoms with E-state index in [9.17, 15) is 9.59 Å². The number of carbonyl (C=O) groups is 2. The fourth-order valence-electron chi connectivity index (χ4n) is 2.40. The molecule has 0 radical (unpaired) electrons. The average molecular weight is 314 g/mol. The smallest absolute Gasteiger partial charge is 0.323 e. The molecule has 4 nitrogen and oxygen atoms in total. The highest BCUT2D eigenvalue weighted by Crippen LogP contribution is 2.30. The summed E-state index contributed by atoms with van der Waals surface area (Å²) < 4.78 is 10.7. The van der Waals surface area contributed by atoms with Crippen molar-refractivity contribution in [2.75, 3.05) is 13.2 Å². The van der Waals surface area contributed by atoms with Crippen LogP contribution in [0, 0.1) is 5.41 Å². The van der Waals surface area contributed by atoms with Crippen LogP contribution in [-0.4, -0.2) is 25.2 Å². The van der Waals surface area contributed by atoms with Crippen molar-refractivity contribution in [3.8, 4) is 0 Å². The van der Waals surface area contributed by atoms with Gasteiger partial charge in [0.15, 0.2) is 5.41 Å². The molecule has 0 aromatic rings. The molecule has 0 N–H and O–H groups in total. The maximum absolute atomic E-state index is 12.4. The van der Waals surface area contributed by atoms with Gasteiger partial charge in [-0.1, -0.05) is 59.8 Å². The Kier molecular flexibility index (Phi) is 11.9. The topological polar surface area (TPSA) is 52.6 Å². The zero-order chi connectivity index (χ0) is 16.8. The van der Waals surface area contributed by atoms with Crippen molar-refractivity contribution >= 4 is 11.9 Å². The Balaban J connectivity index is 4.44. The molecule has 0 saturated carbocycles. The van der Waals surface area contributed by atoms with Gasteiger partial charge in [-0.15, -0.1) is 0 Å². The Bertz CT molecular complexity index is 308. The van der Waals surface area contributed by atoms with Gasteiger partial charge in [-0.25, -0.2) is 0 Å². The summed E-state index contributed by atoms with van der Waals surface area (Å²) in [6.45, 7) is 8.70. The van der Waals surface area contributed by atoms with Crippen LogP contribution in [0.5, 0.6) is 0 Å². The molecule has 0 aromatic carbocycles. The standard InChI is InChI=1S/C18H34O4/c1-5-9-11-13-15-22-17(20)18(7-3,8-4)16(19)21-14-12-10-6-2/h5-15H2,1-4H3. The molecule has 0 spiro atoms. The summed E-state index contributed by atoms with van der Waals surface area (Å²) in [7, 11) is 0. The van der Waals surface area contributed by atoms with E-state index in [0.717, 1.165) is 44.9 Å². The lowest BCUT2D eigenvalue weighted by molar-refractivity contribution is -0.173. The molecule has 0 bridgehead atoms. The van der Waals surface area contributed by atoms with E-state index in [-0.39, 0.29) is 0 Å². The molecule has 130 valence electrons. The van der Waals surface area contributed by atoms with Gasteiger partial charge >= 0.3 is 11.9 Å². The quantitative estimate of drug-likeness (QED) is 0.282. The zero-order valence-corrected chi connectivity index (χ0v) is 14.9. The van der Waals surface area contributed by atoms with E-state index in [1.54, 1.807) is 0 Å².